The third kappa shape index (κ3) is 43.3. The highest BCUT2D eigenvalue weighted by molar-refractivity contribution is 5.80. The second-order valence-electron chi connectivity index (χ2n) is 18.2. The molecule has 0 aliphatic heterocycles. The molecule has 0 aliphatic carbocycles. The summed E-state index contributed by atoms with van der Waals surface area (Å²) >= 11 is 0. The van der Waals surface area contributed by atoms with Gasteiger partial charge in [0, 0.05) is 0 Å². The maximum atomic E-state index is 12.6. The molecule has 6 nitrogen and oxygen atoms in total. The number of carbonyl (C=O) groups excluding carboxylic acids is 1. The van der Waals surface area contributed by atoms with E-state index in [2.05, 4.69) is 67.8 Å². The van der Waals surface area contributed by atoms with Crippen LogP contribution in [0.3, 0.4) is 0 Å². The van der Waals surface area contributed by atoms with Crippen LogP contribution in [0.15, 0.2) is 48.6 Å². The van der Waals surface area contributed by atoms with Gasteiger partial charge in [-0.15, -0.1) is 0 Å². The molecule has 0 aromatic rings. The number of aliphatic hydroxyl groups is 4. The molecule has 358 valence electrons. The highest BCUT2D eigenvalue weighted by atomic mass is 16.3. The lowest BCUT2D eigenvalue weighted by Crippen LogP contribution is -2.53. The van der Waals surface area contributed by atoms with Crippen LogP contribution in [0.5, 0.6) is 0 Å². The minimum Gasteiger partial charge on any atom is -0.394 e. The third-order valence-electron chi connectivity index (χ3n) is 12.2. The first-order valence-electron chi connectivity index (χ1n) is 26.5. The van der Waals surface area contributed by atoms with E-state index < -0.39 is 36.9 Å². The number of allylic oxidation sites excluding steroid dienone is 8. The molecule has 0 aromatic heterocycles. The van der Waals surface area contributed by atoms with Crippen molar-refractivity contribution < 1.29 is 25.2 Å². The Bertz CT molecular complexity index is 1010. The van der Waals surface area contributed by atoms with E-state index >= 15 is 0 Å². The van der Waals surface area contributed by atoms with E-state index in [-0.39, 0.29) is 0 Å². The van der Waals surface area contributed by atoms with Crippen LogP contribution in [0.1, 0.15) is 264 Å². The number of rotatable bonds is 48. The Labute approximate surface area is 379 Å². The van der Waals surface area contributed by atoms with Crippen molar-refractivity contribution in [1.29, 1.82) is 0 Å². The molecule has 0 saturated heterocycles. The lowest BCUT2D eigenvalue weighted by Gasteiger charge is -2.27. The Morgan fingerprint density at radius 1 is 0.393 bits per heavy atom. The first-order valence-corrected chi connectivity index (χ1v) is 26.5. The second kappa shape index (κ2) is 49.3. The van der Waals surface area contributed by atoms with Crippen LogP contribution in [0.4, 0.5) is 0 Å². The van der Waals surface area contributed by atoms with Crippen molar-refractivity contribution in [3.8, 4) is 0 Å². The molecule has 0 spiro atoms. The molecule has 0 aromatic carbocycles. The Morgan fingerprint density at radius 3 is 1.03 bits per heavy atom. The minimum atomic E-state index is -1.30. The van der Waals surface area contributed by atoms with Gasteiger partial charge in [-0.2, -0.15) is 0 Å². The summed E-state index contributed by atoms with van der Waals surface area (Å²) in [7, 11) is 0. The predicted octanol–water partition coefficient (Wildman–Crippen LogP) is 15.0. The summed E-state index contributed by atoms with van der Waals surface area (Å²) in [5.41, 5.74) is 0. The summed E-state index contributed by atoms with van der Waals surface area (Å²) in [6, 6.07) is -1.01. The van der Waals surface area contributed by atoms with Crippen molar-refractivity contribution in [2.24, 2.45) is 0 Å². The Hall–Kier alpha value is -1.73. The molecule has 0 saturated carbocycles. The van der Waals surface area contributed by atoms with E-state index in [0.717, 1.165) is 51.4 Å². The van der Waals surface area contributed by atoms with Crippen molar-refractivity contribution >= 4 is 5.91 Å². The van der Waals surface area contributed by atoms with Gasteiger partial charge < -0.3 is 25.7 Å². The molecular formula is C55H103NO5. The highest BCUT2D eigenvalue weighted by Gasteiger charge is 2.28. The summed E-state index contributed by atoms with van der Waals surface area (Å²) in [6.07, 6.45) is 61.6. The zero-order chi connectivity index (χ0) is 44.5. The zero-order valence-electron chi connectivity index (χ0n) is 40.4. The minimum absolute atomic E-state index is 0.353. The SMILES string of the molecule is CCCCCCCCCCC/C=C/CC/C=C/CC/C=C/CCCC(O)C(O)C(CO)NC(=O)C(O)CCCCCCCCC/C=C\CCCCCCCCCCCCCC. The van der Waals surface area contributed by atoms with Gasteiger partial charge in [0.1, 0.15) is 12.2 Å². The molecule has 6 heteroatoms. The Balaban J connectivity index is 3.75. The van der Waals surface area contributed by atoms with Crippen molar-refractivity contribution in [2.75, 3.05) is 6.61 Å². The molecule has 0 aliphatic rings. The molecule has 4 unspecified atom stereocenters. The average molecular weight is 858 g/mol. The maximum Gasteiger partial charge on any atom is 0.249 e. The van der Waals surface area contributed by atoms with Crippen LogP contribution in [0, 0.1) is 0 Å². The normalized spacial score (nSPS) is 14.3. The van der Waals surface area contributed by atoms with Crippen LogP contribution in [0.25, 0.3) is 0 Å². The molecule has 1 amide bonds. The summed E-state index contributed by atoms with van der Waals surface area (Å²) in [5.74, 6) is -0.602. The number of carbonyl (C=O) groups is 1. The van der Waals surface area contributed by atoms with Crippen LogP contribution in [0.2, 0.25) is 0 Å². The second-order valence-corrected chi connectivity index (χ2v) is 18.2. The van der Waals surface area contributed by atoms with Gasteiger partial charge in [-0.25, -0.2) is 0 Å². The van der Waals surface area contributed by atoms with Crippen molar-refractivity contribution in [3.05, 3.63) is 48.6 Å². The fraction of sp³-hybridized carbons (Fsp3) is 0.836. The number of hydrogen-bond acceptors (Lipinski definition) is 5. The smallest absolute Gasteiger partial charge is 0.249 e. The summed E-state index contributed by atoms with van der Waals surface area (Å²) < 4.78 is 0. The van der Waals surface area contributed by atoms with Crippen molar-refractivity contribution in [1.82, 2.24) is 5.32 Å². The van der Waals surface area contributed by atoms with Gasteiger partial charge in [0.25, 0.3) is 0 Å². The molecule has 0 rings (SSSR count). The number of nitrogens with one attached hydrogen (secondary N) is 1. The zero-order valence-corrected chi connectivity index (χ0v) is 40.4. The lowest BCUT2D eigenvalue weighted by atomic mass is 10.00. The topological polar surface area (TPSA) is 110 Å². The van der Waals surface area contributed by atoms with E-state index in [1.165, 1.54) is 180 Å². The van der Waals surface area contributed by atoms with E-state index in [0.29, 0.717) is 19.3 Å². The summed E-state index contributed by atoms with van der Waals surface area (Å²) in [5, 5.41) is 43.9. The number of aliphatic hydroxyl groups excluding tert-OH is 4. The van der Waals surface area contributed by atoms with Gasteiger partial charge in [-0.1, -0.05) is 223 Å². The Kier molecular flexibility index (Phi) is 47.9. The maximum absolute atomic E-state index is 12.6. The fourth-order valence-electron chi connectivity index (χ4n) is 8.02. The monoisotopic (exact) mass is 858 g/mol. The quantitative estimate of drug-likeness (QED) is 0.0309. The van der Waals surface area contributed by atoms with E-state index in [4.69, 9.17) is 0 Å². The molecular weight excluding hydrogens is 755 g/mol. The van der Waals surface area contributed by atoms with Crippen LogP contribution in [-0.4, -0.2) is 57.3 Å². The molecule has 0 radical (unpaired) electrons. The number of unbranched alkanes of at least 4 members (excludes halogenated alkanes) is 31. The van der Waals surface area contributed by atoms with E-state index in [1.807, 2.05) is 0 Å². The fourth-order valence-corrected chi connectivity index (χ4v) is 8.02. The highest BCUT2D eigenvalue weighted by Crippen LogP contribution is 2.16. The number of hydrogen-bond donors (Lipinski definition) is 5. The van der Waals surface area contributed by atoms with Gasteiger partial charge in [-0.05, 0) is 89.9 Å². The summed E-state index contributed by atoms with van der Waals surface area (Å²) in [4.78, 5) is 12.6. The van der Waals surface area contributed by atoms with Crippen LogP contribution in [-0.2, 0) is 4.79 Å². The molecule has 0 heterocycles. The largest absolute Gasteiger partial charge is 0.394 e. The van der Waals surface area contributed by atoms with Crippen LogP contribution < -0.4 is 5.32 Å². The van der Waals surface area contributed by atoms with Gasteiger partial charge in [0.05, 0.1) is 18.8 Å². The van der Waals surface area contributed by atoms with E-state index in [1.54, 1.807) is 0 Å². The first-order chi connectivity index (χ1) is 30.0. The standard InChI is InChI=1S/C55H103NO5/c1-3-5-7-9-11-13-15-17-19-21-23-25-27-29-31-33-35-37-39-41-43-45-47-49-53(59)55(61)56-51(50-57)54(60)52(58)48-46-44-42-40-38-36-34-32-30-28-26-24-22-20-18-16-14-12-10-8-6-4-2/h24,26,29,31-32,34,40,42,51-54,57-60H,3-23,25,27-28,30,33,35-39,41,43-50H2,1-2H3,(H,56,61)/b26-24+,31-29-,34-32+,42-40+. The molecule has 0 fully saturated rings. The summed E-state index contributed by atoms with van der Waals surface area (Å²) in [6.45, 7) is 4.05. The van der Waals surface area contributed by atoms with Gasteiger partial charge in [0.15, 0.2) is 0 Å². The third-order valence-corrected chi connectivity index (χ3v) is 12.2. The van der Waals surface area contributed by atoms with E-state index in [9.17, 15) is 25.2 Å². The van der Waals surface area contributed by atoms with Crippen LogP contribution >= 0.6 is 0 Å². The predicted molar refractivity (Wildman–Crippen MR) is 265 cm³/mol. The average Bonchev–Trinajstić information content (AvgIpc) is 3.26. The Morgan fingerprint density at radius 2 is 0.689 bits per heavy atom. The lowest BCUT2D eigenvalue weighted by molar-refractivity contribution is -0.132. The molecule has 61 heavy (non-hydrogen) atoms. The first kappa shape index (κ1) is 59.3. The molecule has 4 atom stereocenters. The van der Waals surface area contributed by atoms with Gasteiger partial charge in [0.2, 0.25) is 5.91 Å². The molecule has 5 N–H and O–H groups in total. The van der Waals surface area contributed by atoms with Gasteiger partial charge in [-0.3, -0.25) is 4.79 Å². The van der Waals surface area contributed by atoms with Crippen molar-refractivity contribution in [2.45, 2.75) is 289 Å². The van der Waals surface area contributed by atoms with Crippen molar-refractivity contribution in [3.63, 3.8) is 0 Å². The molecule has 0 bridgehead atoms. The number of amides is 1. The van der Waals surface area contributed by atoms with Gasteiger partial charge >= 0.3 is 0 Å².